The Labute approximate surface area is 388 Å². The zero-order valence-electron chi connectivity index (χ0n) is 36.6. The summed E-state index contributed by atoms with van der Waals surface area (Å²) in [5.74, 6) is 0. The molecule has 2 aromatic heterocycles. The molecule has 2 heterocycles. The van der Waals surface area contributed by atoms with Gasteiger partial charge in [0, 0.05) is 44.2 Å². The van der Waals surface area contributed by atoms with Crippen LogP contribution in [0.25, 0.3) is 105 Å². The summed E-state index contributed by atoms with van der Waals surface area (Å²) in [6.07, 6.45) is 0. The van der Waals surface area contributed by atoms with E-state index in [9.17, 15) is 0 Å². The second kappa shape index (κ2) is 16.0. The number of hydrogen-bond acceptors (Lipinski definition) is 2. The molecule has 0 aliphatic rings. The van der Waals surface area contributed by atoms with Crippen LogP contribution in [-0.4, -0.2) is 4.57 Å². The Balaban J connectivity index is 0.971. The summed E-state index contributed by atoms with van der Waals surface area (Å²) in [5, 5.41) is 7.22. The molecule has 0 N–H and O–H groups in total. The molecule has 3 nitrogen and oxygen atoms in total. The maximum Gasteiger partial charge on any atom is 0.136 e. The van der Waals surface area contributed by atoms with Crippen LogP contribution in [0.5, 0.6) is 0 Å². The lowest BCUT2D eigenvalue weighted by atomic mass is 9.94. The van der Waals surface area contributed by atoms with Crippen LogP contribution < -0.4 is 4.90 Å². The predicted octanol–water partition coefficient (Wildman–Crippen LogP) is 18.0. The average Bonchev–Trinajstić information content (AvgIpc) is 3.96. The molecule has 0 saturated heterocycles. The van der Waals surface area contributed by atoms with Crippen molar-refractivity contribution in [2.45, 2.75) is 0 Å². The van der Waals surface area contributed by atoms with Crippen molar-refractivity contribution in [1.82, 2.24) is 4.57 Å². The molecule has 0 bridgehead atoms. The number of hydrogen-bond donors (Lipinski definition) is 0. The summed E-state index contributed by atoms with van der Waals surface area (Å²) < 4.78 is 8.70. The first-order valence-electron chi connectivity index (χ1n) is 22.9. The summed E-state index contributed by atoms with van der Waals surface area (Å²) in [7, 11) is 0. The Morgan fingerprint density at radius 3 is 1.61 bits per heavy atom. The first-order chi connectivity index (χ1) is 33.2. The number of furan rings is 1. The van der Waals surface area contributed by atoms with Crippen LogP contribution in [-0.2, 0) is 0 Å². The zero-order chi connectivity index (χ0) is 44.3. The standard InChI is InChI=1S/C64H42N2O/c1-2-15-45(16-3-1)54-40-35-48(53-25-13-18-44-17-4-5-21-52(44)53)42-61(54)65(50-38-33-46(34-39-50)55-26-14-30-63-64(55)58-24-8-11-29-62(58)67-63)49-36-31-43(32-37-49)47-19-12-20-51(41-47)66-59-27-9-6-22-56(59)57-23-7-10-28-60(57)66/h1-42H. The maximum atomic E-state index is 6.31. The summed E-state index contributed by atoms with van der Waals surface area (Å²) in [6, 6.07) is 92.0. The van der Waals surface area contributed by atoms with Gasteiger partial charge in [-0.3, -0.25) is 0 Å². The number of benzene rings is 11. The van der Waals surface area contributed by atoms with Crippen molar-refractivity contribution in [3.05, 3.63) is 255 Å². The van der Waals surface area contributed by atoms with E-state index < -0.39 is 0 Å². The van der Waals surface area contributed by atoms with Gasteiger partial charge < -0.3 is 13.9 Å². The Hall–Kier alpha value is -8.92. The van der Waals surface area contributed by atoms with E-state index in [2.05, 4.69) is 252 Å². The van der Waals surface area contributed by atoms with Crippen LogP contribution in [0.2, 0.25) is 0 Å². The van der Waals surface area contributed by atoms with E-state index in [1.54, 1.807) is 0 Å². The molecule has 0 fully saturated rings. The molecule has 0 aliphatic heterocycles. The number of para-hydroxylation sites is 3. The predicted molar refractivity (Wildman–Crippen MR) is 282 cm³/mol. The second-order valence-electron chi connectivity index (χ2n) is 17.3. The second-order valence-corrected chi connectivity index (χ2v) is 17.3. The van der Waals surface area contributed by atoms with Crippen molar-refractivity contribution < 1.29 is 4.42 Å². The number of fused-ring (bicyclic) bond motifs is 7. The molecule has 314 valence electrons. The van der Waals surface area contributed by atoms with Gasteiger partial charge in [0.1, 0.15) is 11.2 Å². The monoisotopic (exact) mass is 854 g/mol. The summed E-state index contributed by atoms with van der Waals surface area (Å²) >= 11 is 0. The number of anilines is 3. The molecule has 0 saturated carbocycles. The van der Waals surface area contributed by atoms with E-state index in [0.717, 1.165) is 83.6 Å². The van der Waals surface area contributed by atoms with Crippen LogP contribution in [0.15, 0.2) is 259 Å². The van der Waals surface area contributed by atoms with E-state index >= 15 is 0 Å². The van der Waals surface area contributed by atoms with Gasteiger partial charge in [-0.05, 0) is 116 Å². The Bertz CT molecular complexity index is 3910. The summed E-state index contributed by atoms with van der Waals surface area (Å²) in [6.45, 7) is 0. The van der Waals surface area contributed by atoms with Crippen LogP contribution in [0, 0.1) is 0 Å². The lowest BCUT2D eigenvalue weighted by Gasteiger charge is -2.29. The SMILES string of the molecule is c1ccc(-c2ccc(-c3cccc4ccccc34)cc2N(c2ccc(-c3cccc(-n4c5ccccc5c5ccccc54)c3)cc2)c2ccc(-c3cccc4oc5ccccc5c34)cc2)cc1. The first-order valence-corrected chi connectivity index (χ1v) is 22.9. The van der Waals surface area contributed by atoms with Crippen molar-refractivity contribution in [2.24, 2.45) is 0 Å². The highest BCUT2D eigenvalue weighted by atomic mass is 16.3. The van der Waals surface area contributed by atoms with E-state index in [0.29, 0.717) is 0 Å². The smallest absolute Gasteiger partial charge is 0.136 e. The van der Waals surface area contributed by atoms with E-state index in [1.165, 1.54) is 38.1 Å². The van der Waals surface area contributed by atoms with Gasteiger partial charge >= 0.3 is 0 Å². The third-order valence-electron chi connectivity index (χ3n) is 13.4. The zero-order valence-corrected chi connectivity index (χ0v) is 36.6. The van der Waals surface area contributed by atoms with E-state index in [1.807, 2.05) is 12.1 Å². The van der Waals surface area contributed by atoms with Crippen molar-refractivity contribution in [1.29, 1.82) is 0 Å². The van der Waals surface area contributed by atoms with Gasteiger partial charge in [0.05, 0.1) is 16.7 Å². The molecule has 3 heteroatoms. The molecule has 0 unspecified atom stereocenters. The quantitative estimate of drug-likeness (QED) is 0.152. The highest BCUT2D eigenvalue weighted by molar-refractivity contribution is 6.13. The van der Waals surface area contributed by atoms with Gasteiger partial charge in [-0.25, -0.2) is 0 Å². The van der Waals surface area contributed by atoms with Crippen LogP contribution in [0.3, 0.4) is 0 Å². The number of rotatable bonds is 8. The Morgan fingerprint density at radius 1 is 0.313 bits per heavy atom. The molecule has 13 aromatic rings. The Kier molecular flexibility index (Phi) is 9.17. The minimum absolute atomic E-state index is 0.892. The molecule has 0 spiro atoms. The van der Waals surface area contributed by atoms with Crippen LogP contribution >= 0.6 is 0 Å². The van der Waals surface area contributed by atoms with Gasteiger partial charge in [-0.2, -0.15) is 0 Å². The van der Waals surface area contributed by atoms with Crippen molar-refractivity contribution in [3.63, 3.8) is 0 Å². The van der Waals surface area contributed by atoms with Gasteiger partial charge in [-0.15, -0.1) is 0 Å². The van der Waals surface area contributed by atoms with Gasteiger partial charge in [0.2, 0.25) is 0 Å². The molecule has 67 heavy (non-hydrogen) atoms. The van der Waals surface area contributed by atoms with E-state index in [-0.39, 0.29) is 0 Å². The molecule has 0 atom stereocenters. The van der Waals surface area contributed by atoms with Gasteiger partial charge in [-0.1, -0.05) is 188 Å². The van der Waals surface area contributed by atoms with Crippen molar-refractivity contribution in [2.75, 3.05) is 4.90 Å². The third-order valence-corrected chi connectivity index (χ3v) is 13.4. The largest absolute Gasteiger partial charge is 0.456 e. The molecule has 0 radical (unpaired) electrons. The summed E-state index contributed by atoms with van der Waals surface area (Å²) in [5.41, 5.74) is 17.8. The minimum atomic E-state index is 0.892. The first kappa shape index (κ1) is 38.5. The average molecular weight is 855 g/mol. The molecule has 0 amide bonds. The highest BCUT2D eigenvalue weighted by Crippen LogP contribution is 2.45. The highest BCUT2D eigenvalue weighted by Gasteiger charge is 2.21. The Morgan fingerprint density at radius 2 is 0.851 bits per heavy atom. The normalized spacial score (nSPS) is 11.6. The van der Waals surface area contributed by atoms with Crippen molar-refractivity contribution in [3.8, 4) is 50.2 Å². The van der Waals surface area contributed by atoms with Gasteiger partial charge in [0.25, 0.3) is 0 Å². The minimum Gasteiger partial charge on any atom is -0.456 e. The third kappa shape index (κ3) is 6.59. The molecule has 11 aromatic carbocycles. The number of aromatic nitrogens is 1. The summed E-state index contributed by atoms with van der Waals surface area (Å²) in [4.78, 5) is 2.42. The maximum absolute atomic E-state index is 6.31. The lowest BCUT2D eigenvalue weighted by molar-refractivity contribution is 0.669. The molecular weight excluding hydrogens is 813 g/mol. The van der Waals surface area contributed by atoms with Gasteiger partial charge in [0.15, 0.2) is 0 Å². The topological polar surface area (TPSA) is 21.3 Å². The van der Waals surface area contributed by atoms with E-state index in [4.69, 9.17) is 4.42 Å². The fourth-order valence-corrected chi connectivity index (χ4v) is 10.3. The fraction of sp³-hybridized carbons (Fsp3) is 0. The van der Waals surface area contributed by atoms with Crippen LogP contribution in [0.1, 0.15) is 0 Å². The van der Waals surface area contributed by atoms with Crippen molar-refractivity contribution >= 4 is 71.6 Å². The lowest BCUT2D eigenvalue weighted by Crippen LogP contribution is -2.11. The number of nitrogens with zero attached hydrogens (tertiary/aromatic N) is 2. The van der Waals surface area contributed by atoms with Crippen LogP contribution in [0.4, 0.5) is 17.1 Å². The fourth-order valence-electron chi connectivity index (χ4n) is 10.3. The molecule has 0 aliphatic carbocycles. The molecule has 13 rings (SSSR count). The molecular formula is C64H42N2O.